The number of likely N-dealkylation sites (tertiary alicyclic amines) is 1. The fourth-order valence-electron chi connectivity index (χ4n) is 6.90. The number of nitrogens with one attached hydrogen (secondary N) is 1. The Labute approximate surface area is 231 Å². The summed E-state index contributed by atoms with van der Waals surface area (Å²) in [5.41, 5.74) is 5.86. The lowest BCUT2D eigenvalue weighted by atomic mass is 9.55. The lowest BCUT2D eigenvalue weighted by Gasteiger charge is -2.45. The summed E-state index contributed by atoms with van der Waals surface area (Å²) < 4.78 is 0. The molecule has 1 fully saturated rings. The molecule has 3 atom stereocenters. The zero-order chi connectivity index (χ0) is 26.7. The van der Waals surface area contributed by atoms with Crippen molar-refractivity contribution in [1.82, 2.24) is 4.90 Å². The highest BCUT2D eigenvalue weighted by Crippen LogP contribution is 2.61. The van der Waals surface area contributed by atoms with Gasteiger partial charge < -0.3 is 5.32 Å². The lowest BCUT2D eigenvalue weighted by Crippen LogP contribution is -2.49. The third-order valence-electron chi connectivity index (χ3n) is 8.48. The van der Waals surface area contributed by atoms with Crippen molar-refractivity contribution in [3.63, 3.8) is 0 Å². The maximum atomic E-state index is 14.3. The largest absolute Gasteiger partial charge is 0.324 e. The molecule has 5 nitrogen and oxygen atoms in total. The molecule has 1 aliphatic heterocycles. The van der Waals surface area contributed by atoms with E-state index in [1.54, 1.807) is 24.3 Å². The third kappa shape index (κ3) is 3.72. The molecular weight excluding hydrogens is 508 g/mol. The molecule has 192 valence electrons. The molecule has 4 aliphatic rings. The average molecular weight is 533 g/mol. The van der Waals surface area contributed by atoms with E-state index in [9.17, 15) is 14.4 Å². The molecule has 8 rings (SSSR count). The second kappa shape index (κ2) is 9.21. The summed E-state index contributed by atoms with van der Waals surface area (Å²) in [6.45, 7) is 0. The molecule has 0 saturated carbocycles. The maximum Gasteiger partial charge on any atom is 0.248 e. The first-order valence-electron chi connectivity index (χ1n) is 13.2. The minimum atomic E-state index is -0.987. The van der Waals surface area contributed by atoms with Gasteiger partial charge in [-0.1, -0.05) is 90.5 Å². The normalized spacial score (nSPS) is 23.2. The van der Waals surface area contributed by atoms with Crippen LogP contribution < -0.4 is 5.32 Å². The fourth-order valence-corrected chi connectivity index (χ4v) is 7.03. The Morgan fingerprint density at radius 3 is 1.64 bits per heavy atom. The van der Waals surface area contributed by atoms with Crippen LogP contribution in [0.2, 0.25) is 5.02 Å². The van der Waals surface area contributed by atoms with Crippen molar-refractivity contribution in [3.8, 4) is 0 Å². The highest BCUT2D eigenvalue weighted by Gasteiger charge is 2.63. The van der Waals surface area contributed by atoms with E-state index in [0.29, 0.717) is 10.7 Å². The second-order valence-electron chi connectivity index (χ2n) is 10.5. The Kier molecular flexibility index (Phi) is 5.64. The van der Waals surface area contributed by atoms with Crippen molar-refractivity contribution in [1.29, 1.82) is 0 Å². The number of amides is 3. The highest BCUT2D eigenvalue weighted by molar-refractivity contribution is 6.30. The van der Waals surface area contributed by atoms with Gasteiger partial charge in [-0.2, -0.15) is 0 Å². The summed E-state index contributed by atoms with van der Waals surface area (Å²) in [6.07, 6.45) is 0.229. The Balaban J connectivity index is 1.31. The first-order valence-corrected chi connectivity index (χ1v) is 13.6. The SMILES string of the molecule is O=C(Nc1ccc(Cl)cc1)[C@H](Cc1ccccc1)N1C(=O)[C@@H]2C3c4ccccc4C(c4ccccc43)[C@H]2C1=O. The van der Waals surface area contributed by atoms with Gasteiger partial charge in [0.1, 0.15) is 6.04 Å². The molecule has 3 amide bonds. The predicted molar refractivity (Wildman–Crippen MR) is 149 cm³/mol. The molecule has 1 heterocycles. The van der Waals surface area contributed by atoms with Crippen molar-refractivity contribution in [3.05, 3.63) is 136 Å². The minimum absolute atomic E-state index is 0.217. The van der Waals surface area contributed by atoms with E-state index in [4.69, 9.17) is 11.6 Å². The van der Waals surface area contributed by atoms with Crippen LogP contribution in [0.5, 0.6) is 0 Å². The fraction of sp³-hybridized carbons (Fsp3) is 0.182. The van der Waals surface area contributed by atoms with Gasteiger partial charge in [0, 0.05) is 29.0 Å². The Hall–Kier alpha value is -4.22. The molecule has 3 aliphatic carbocycles. The van der Waals surface area contributed by atoms with E-state index in [1.807, 2.05) is 54.6 Å². The number of carbonyl (C=O) groups is 3. The summed E-state index contributed by atoms with van der Waals surface area (Å²) in [6, 6.07) is 31.6. The monoisotopic (exact) mass is 532 g/mol. The number of carbonyl (C=O) groups excluding carboxylic acids is 3. The quantitative estimate of drug-likeness (QED) is 0.331. The van der Waals surface area contributed by atoms with E-state index >= 15 is 0 Å². The molecule has 2 bridgehead atoms. The van der Waals surface area contributed by atoms with Gasteiger partial charge in [-0.3, -0.25) is 19.3 Å². The molecule has 0 spiro atoms. The van der Waals surface area contributed by atoms with Crippen molar-refractivity contribution in [2.45, 2.75) is 24.3 Å². The number of hydrogen-bond acceptors (Lipinski definition) is 3. The van der Waals surface area contributed by atoms with Crippen LogP contribution in [0.1, 0.15) is 39.7 Å². The smallest absolute Gasteiger partial charge is 0.248 e. The molecule has 1 saturated heterocycles. The van der Waals surface area contributed by atoms with Crippen LogP contribution in [0.25, 0.3) is 0 Å². The number of hydrogen-bond donors (Lipinski definition) is 1. The standard InChI is InChI=1S/C33H25ClN2O3/c34-20-14-16-21(17-15-20)35-31(37)26(18-19-8-2-1-3-9-19)36-32(38)29-27-22-10-4-5-11-23(22)28(30(29)33(36)39)25-13-7-6-12-24(25)27/h1-17,26-30H,18H2,(H,35,37)/t26-,27?,28?,29+,30+/m0/s1. The van der Waals surface area contributed by atoms with Crippen molar-refractivity contribution in [2.75, 3.05) is 5.32 Å². The molecule has 4 aromatic rings. The number of benzene rings is 4. The van der Waals surface area contributed by atoms with Gasteiger partial charge in [0.15, 0.2) is 0 Å². The van der Waals surface area contributed by atoms with Gasteiger partial charge in [-0.05, 0) is 52.1 Å². The van der Waals surface area contributed by atoms with E-state index < -0.39 is 23.8 Å². The number of rotatable bonds is 5. The highest BCUT2D eigenvalue weighted by atomic mass is 35.5. The number of halogens is 1. The van der Waals surface area contributed by atoms with Crippen LogP contribution in [-0.4, -0.2) is 28.7 Å². The average Bonchev–Trinajstić information content (AvgIpc) is 3.23. The Morgan fingerprint density at radius 2 is 1.15 bits per heavy atom. The van der Waals surface area contributed by atoms with Gasteiger partial charge in [-0.25, -0.2) is 0 Å². The first kappa shape index (κ1) is 23.9. The second-order valence-corrected chi connectivity index (χ2v) is 10.9. The minimum Gasteiger partial charge on any atom is -0.324 e. The van der Waals surface area contributed by atoms with Gasteiger partial charge in [0.2, 0.25) is 17.7 Å². The summed E-state index contributed by atoms with van der Waals surface area (Å²) in [4.78, 5) is 43.7. The molecule has 1 N–H and O–H groups in total. The Bertz CT molecular complexity index is 1500. The van der Waals surface area contributed by atoms with E-state index in [-0.39, 0.29) is 30.1 Å². The van der Waals surface area contributed by atoms with Gasteiger partial charge >= 0.3 is 0 Å². The van der Waals surface area contributed by atoms with Crippen LogP contribution >= 0.6 is 11.6 Å². The van der Waals surface area contributed by atoms with Gasteiger partial charge in [0.25, 0.3) is 0 Å². The van der Waals surface area contributed by atoms with Gasteiger partial charge in [0.05, 0.1) is 11.8 Å². The van der Waals surface area contributed by atoms with Crippen LogP contribution in [0.3, 0.4) is 0 Å². The maximum absolute atomic E-state index is 14.3. The molecular formula is C33H25ClN2O3. The van der Waals surface area contributed by atoms with Crippen LogP contribution in [-0.2, 0) is 20.8 Å². The molecule has 0 aromatic heterocycles. The summed E-state index contributed by atoms with van der Waals surface area (Å²) >= 11 is 6.03. The molecule has 4 aromatic carbocycles. The van der Waals surface area contributed by atoms with E-state index in [2.05, 4.69) is 29.6 Å². The summed E-state index contributed by atoms with van der Waals surface area (Å²) in [5, 5.41) is 3.47. The summed E-state index contributed by atoms with van der Waals surface area (Å²) in [5.74, 6) is -2.44. The van der Waals surface area contributed by atoms with Crippen LogP contribution in [0, 0.1) is 11.8 Å². The van der Waals surface area contributed by atoms with Crippen molar-refractivity contribution < 1.29 is 14.4 Å². The van der Waals surface area contributed by atoms with Crippen LogP contribution in [0.15, 0.2) is 103 Å². The third-order valence-corrected chi connectivity index (χ3v) is 8.73. The molecule has 6 heteroatoms. The molecule has 0 radical (unpaired) electrons. The molecule has 39 heavy (non-hydrogen) atoms. The van der Waals surface area contributed by atoms with E-state index in [0.717, 1.165) is 27.8 Å². The zero-order valence-corrected chi connectivity index (χ0v) is 21.7. The molecule has 0 unspecified atom stereocenters. The number of imide groups is 1. The Morgan fingerprint density at radius 1 is 0.692 bits per heavy atom. The van der Waals surface area contributed by atoms with Crippen molar-refractivity contribution >= 4 is 35.0 Å². The van der Waals surface area contributed by atoms with Gasteiger partial charge in [-0.15, -0.1) is 0 Å². The number of nitrogens with zero attached hydrogens (tertiary/aromatic N) is 1. The lowest BCUT2D eigenvalue weighted by molar-refractivity contribution is -0.146. The summed E-state index contributed by atoms with van der Waals surface area (Å²) in [7, 11) is 0. The van der Waals surface area contributed by atoms with Crippen molar-refractivity contribution in [2.24, 2.45) is 11.8 Å². The van der Waals surface area contributed by atoms with E-state index in [1.165, 1.54) is 4.90 Å². The zero-order valence-electron chi connectivity index (χ0n) is 21.0. The first-order chi connectivity index (χ1) is 19.0. The predicted octanol–water partition coefficient (Wildman–Crippen LogP) is 5.78. The number of anilines is 1. The topological polar surface area (TPSA) is 66.5 Å². The van der Waals surface area contributed by atoms with Crippen LogP contribution in [0.4, 0.5) is 5.69 Å².